The first kappa shape index (κ1) is 27.5. The minimum absolute atomic E-state index is 0.0736. The van der Waals surface area contributed by atoms with Gasteiger partial charge in [-0.1, -0.05) is 41.5 Å². The van der Waals surface area contributed by atoms with Crippen LogP contribution in [0.25, 0.3) is 11.6 Å². The van der Waals surface area contributed by atoms with Gasteiger partial charge in [-0.2, -0.15) is 26.3 Å². The number of hydrogen-bond donors (Lipinski definition) is 1. The second-order valence-electron chi connectivity index (χ2n) is 10.2. The number of rotatable bonds is 3. The average Bonchev–Trinajstić information content (AvgIpc) is 2.65. The summed E-state index contributed by atoms with van der Waals surface area (Å²) in [4.78, 5) is 3.85. The number of phenolic OH excluding ortho intramolecular Hbond substituents is 1. The number of allylic oxidation sites excluding steroid dienone is 1. The highest BCUT2D eigenvalue weighted by Crippen LogP contribution is 2.41. The molecule has 0 aliphatic carbocycles. The van der Waals surface area contributed by atoms with E-state index in [-0.39, 0.29) is 23.0 Å². The van der Waals surface area contributed by atoms with Gasteiger partial charge < -0.3 is 5.11 Å². The van der Waals surface area contributed by atoms with Crippen molar-refractivity contribution < 1.29 is 31.4 Å². The predicted molar refractivity (Wildman–Crippen MR) is 124 cm³/mol. The molecule has 2 aromatic rings. The first-order valence-corrected chi connectivity index (χ1v) is 10.6. The van der Waals surface area contributed by atoms with Crippen LogP contribution in [0.2, 0.25) is 0 Å². The Bertz CT molecular complexity index is 1040. The summed E-state index contributed by atoms with van der Waals surface area (Å²) in [5.41, 5.74) is -2.18. The van der Waals surface area contributed by atoms with E-state index in [1.807, 2.05) is 41.5 Å². The first-order valence-electron chi connectivity index (χ1n) is 10.6. The third-order valence-corrected chi connectivity index (χ3v) is 5.26. The van der Waals surface area contributed by atoms with E-state index in [1.54, 1.807) is 12.1 Å². The first-order chi connectivity index (χ1) is 15.2. The zero-order valence-electron chi connectivity index (χ0n) is 20.2. The number of nitrogens with zero attached hydrogens (tertiary/aromatic N) is 1. The molecule has 0 saturated carbocycles. The fraction of sp³-hybridized carbons (Fsp3) is 0.423. The molecule has 34 heavy (non-hydrogen) atoms. The summed E-state index contributed by atoms with van der Waals surface area (Å²) in [6.07, 6.45) is -7.22. The van der Waals surface area contributed by atoms with Crippen molar-refractivity contribution in [2.75, 3.05) is 7.05 Å². The molecule has 0 bridgehead atoms. The zero-order valence-corrected chi connectivity index (χ0v) is 20.2. The van der Waals surface area contributed by atoms with E-state index >= 15 is 0 Å². The number of hydrogen-bond acceptors (Lipinski definition) is 2. The summed E-state index contributed by atoms with van der Waals surface area (Å²) in [5.74, 6) is 0.112. The molecule has 1 N–H and O–H groups in total. The molecule has 0 aromatic heterocycles. The Hall–Kier alpha value is -2.77. The van der Waals surface area contributed by atoms with Crippen molar-refractivity contribution in [2.45, 2.75) is 64.7 Å². The second kappa shape index (κ2) is 9.12. The maximum atomic E-state index is 13.4. The largest absolute Gasteiger partial charge is 0.507 e. The van der Waals surface area contributed by atoms with Crippen LogP contribution in [0.3, 0.4) is 0 Å². The lowest BCUT2D eigenvalue weighted by molar-refractivity contribution is -0.143. The van der Waals surface area contributed by atoms with Gasteiger partial charge in [-0.05, 0) is 58.4 Å². The second-order valence-corrected chi connectivity index (χ2v) is 10.2. The van der Waals surface area contributed by atoms with Crippen molar-refractivity contribution in [1.29, 1.82) is 0 Å². The van der Waals surface area contributed by atoms with E-state index < -0.39 is 34.3 Å². The number of halogens is 6. The average molecular weight is 486 g/mol. The summed E-state index contributed by atoms with van der Waals surface area (Å²) in [7, 11) is 1.38. The van der Waals surface area contributed by atoms with Gasteiger partial charge in [0.25, 0.3) is 0 Å². The lowest BCUT2D eigenvalue weighted by atomic mass is 9.78. The van der Waals surface area contributed by atoms with Gasteiger partial charge in [0, 0.05) is 30.0 Å². The van der Waals surface area contributed by atoms with Crippen LogP contribution in [0.1, 0.15) is 74.9 Å². The highest BCUT2D eigenvalue weighted by Gasteiger charge is 2.37. The maximum absolute atomic E-state index is 13.4. The Morgan fingerprint density at radius 1 is 0.735 bits per heavy atom. The Balaban J connectivity index is 2.88. The van der Waals surface area contributed by atoms with E-state index in [0.29, 0.717) is 28.8 Å². The van der Waals surface area contributed by atoms with Crippen LogP contribution in [0, 0.1) is 0 Å². The topological polar surface area (TPSA) is 32.6 Å². The van der Waals surface area contributed by atoms with E-state index in [4.69, 9.17) is 0 Å². The van der Waals surface area contributed by atoms with Gasteiger partial charge in [-0.3, -0.25) is 4.99 Å². The molecule has 2 aromatic carbocycles. The lowest BCUT2D eigenvalue weighted by Gasteiger charge is -2.28. The smallest absolute Gasteiger partial charge is 0.416 e. The molecule has 0 fully saturated rings. The summed E-state index contributed by atoms with van der Waals surface area (Å²) < 4.78 is 80.3. The Labute approximate surface area is 196 Å². The molecule has 2 nitrogen and oxygen atoms in total. The van der Waals surface area contributed by atoms with Gasteiger partial charge in [-0.25, -0.2) is 0 Å². The van der Waals surface area contributed by atoms with Gasteiger partial charge in [-0.15, -0.1) is 0 Å². The zero-order chi connectivity index (χ0) is 26.3. The molecule has 0 spiro atoms. The predicted octanol–water partition coefficient (Wildman–Crippen LogP) is 8.27. The van der Waals surface area contributed by atoms with Crippen LogP contribution >= 0.6 is 0 Å². The maximum Gasteiger partial charge on any atom is 0.416 e. The van der Waals surface area contributed by atoms with Crippen molar-refractivity contribution in [3.05, 3.63) is 63.7 Å². The van der Waals surface area contributed by atoms with Crippen LogP contribution in [-0.2, 0) is 23.2 Å². The normalized spacial score (nSPS) is 14.2. The summed E-state index contributed by atoms with van der Waals surface area (Å²) in [6, 6.07) is 4.83. The molecule has 0 amide bonds. The quantitative estimate of drug-likeness (QED) is 0.265. The minimum atomic E-state index is -4.96. The van der Waals surface area contributed by atoms with Gasteiger partial charge in [0.15, 0.2) is 0 Å². The number of phenols is 1. The Morgan fingerprint density at radius 2 is 1.15 bits per heavy atom. The van der Waals surface area contributed by atoms with Gasteiger partial charge in [0.1, 0.15) is 5.75 Å². The van der Waals surface area contributed by atoms with Gasteiger partial charge in [0.2, 0.25) is 0 Å². The molecule has 0 atom stereocenters. The van der Waals surface area contributed by atoms with Crippen LogP contribution in [0.15, 0.2) is 35.3 Å². The highest BCUT2D eigenvalue weighted by molar-refractivity contribution is 6.16. The molecule has 0 heterocycles. The van der Waals surface area contributed by atoms with Crippen molar-refractivity contribution in [3.63, 3.8) is 0 Å². The van der Waals surface area contributed by atoms with Crippen LogP contribution < -0.4 is 0 Å². The van der Waals surface area contributed by atoms with E-state index in [9.17, 15) is 31.4 Å². The van der Waals surface area contributed by atoms with Gasteiger partial charge >= 0.3 is 12.4 Å². The molecule has 0 saturated heterocycles. The minimum Gasteiger partial charge on any atom is -0.507 e. The summed E-state index contributed by atoms with van der Waals surface area (Å²) in [5, 5.41) is 10.9. The molecular weight excluding hydrogens is 456 g/mol. The molecule has 0 aliphatic heterocycles. The van der Waals surface area contributed by atoms with Crippen molar-refractivity contribution in [3.8, 4) is 5.75 Å². The molecule has 0 radical (unpaired) electrons. The monoisotopic (exact) mass is 485 g/mol. The number of aromatic hydroxyl groups is 1. The van der Waals surface area contributed by atoms with Crippen LogP contribution in [0.5, 0.6) is 5.75 Å². The Morgan fingerprint density at radius 3 is 1.47 bits per heavy atom. The Kier molecular flexibility index (Phi) is 7.37. The van der Waals surface area contributed by atoms with Crippen molar-refractivity contribution >= 4 is 17.9 Å². The standard InChI is InChI=1S/C26H29F6NO/c1-23(2,3)20-9-15(10-21(22(20)34)24(4,5)6)8-17(14-33-7)16-11-18(25(27,28)29)13-19(12-16)26(30,31)32/h8-14,34H,1-7H3/b17-8+,33-14?. The molecular formula is C26H29F6NO. The summed E-state index contributed by atoms with van der Waals surface area (Å²) >= 11 is 0. The third-order valence-electron chi connectivity index (χ3n) is 5.26. The summed E-state index contributed by atoms with van der Waals surface area (Å²) in [6.45, 7) is 11.4. The van der Waals surface area contributed by atoms with Crippen molar-refractivity contribution in [2.24, 2.45) is 4.99 Å². The molecule has 186 valence electrons. The van der Waals surface area contributed by atoms with E-state index in [1.165, 1.54) is 19.3 Å². The van der Waals surface area contributed by atoms with Crippen LogP contribution in [0.4, 0.5) is 26.3 Å². The SMILES string of the molecule is CN=C/C(=C\c1cc(C(C)(C)C)c(O)c(C(C)(C)C)c1)c1cc(C(F)(F)F)cc(C(F)(F)F)c1. The number of alkyl halides is 6. The third kappa shape index (κ3) is 6.42. The molecule has 2 rings (SSSR count). The van der Waals surface area contributed by atoms with Crippen molar-refractivity contribution in [1.82, 2.24) is 0 Å². The lowest BCUT2D eigenvalue weighted by Crippen LogP contribution is -2.17. The number of aliphatic imine (C=N–C) groups is 1. The molecule has 8 heteroatoms. The van der Waals surface area contributed by atoms with E-state index in [0.717, 1.165) is 0 Å². The van der Waals surface area contributed by atoms with E-state index in [2.05, 4.69) is 4.99 Å². The molecule has 0 aliphatic rings. The fourth-order valence-electron chi connectivity index (χ4n) is 3.52. The number of benzene rings is 2. The fourth-order valence-corrected chi connectivity index (χ4v) is 3.52. The highest BCUT2D eigenvalue weighted by atomic mass is 19.4. The van der Waals surface area contributed by atoms with Gasteiger partial charge in [0.05, 0.1) is 11.1 Å². The molecule has 0 unspecified atom stereocenters. The van der Waals surface area contributed by atoms with Crippen LogP contribution in [-0.4, -0.2) is 18.4 Å².